The highest BCUT2D eigenvalue weighted by Crippen LogP contribution is 2.23. The van der Waals surface area contributed by atoms with Gasteiger partial charge in [-0.25, -0.2) is 0 Å². The summed E-state index contributed by atoms with van der Waals surface area (Å²) in [6, 6.07) is 23.2. The Hall–Kier alpha value is -4.70. The van der Waals surface area contributed by atoms with Crippen molar-refractivity contribution in [1.82, 2.24) is 14.8 Å². The van der Waals surface area contributed by atoms with E-state index in [4.69, 9.17) is 15.1 Å². The molecule has 4 rings (SSSR count). The van der Waals surface area contributed by atoms with Gasteiger partial charge in [0.1, 0.15) is 11.4 Å². The van der Waals surface area contributed by atoms with Gasteiger partial charge in [-0.15, -0.1) is 0 Å². The smallest absolute Gasteiger partial charge is 0.248 e. The van der Waals surface area contributed by atoms with Crippen LogP contribution >= 0.6 is 0 Å². The van der Waals surface area contributed by atoms with Crippen molar-refractivity contribution in [3.8, 4) is 23.1 Å². The number of benzene rings is 2. The van der Waals surface area contributed by atoms with Gasteiger partial charge in [-0.05, 0) is 42.3 Å². The predicted octanol–water partition coefficient (Wildman–Crippen LogP) is 5.33. The number of aromatic nitrogens is 3. The van der Waals surface area contributed by atoms with E-state index in [1.165, 1.54) is 6.08 Å². The topological polar surface area (TPSA) is 92.8 Å². The molecule has 7 nitrogen and oxygen atoms in total. The fourth-order valence-corrected chi connectivity index (χ4v) is 3.49. The zero-order chi connectivity index (χ0) is 24.3. The van der Waals surface area contributed by atoms with Crippen LogP contribution in [0.1, 0.15) is 24.0 Å². The summed E-state index contributed by atoms with van der Waals surface area (Å²) >= 11 is 0. The lowest BCUT2D eigenvalue weighted by atomic mass is 10.1. The molecule has 0 spiro atoms. The number of carbonyl (C=O) groups is 1. The van der Waals surface area contributed by atoms with Crippen LogP contribution in [0.15, 0.2) is 91.4 Å². The highest BCUT2D eigenvalue weighted by molar-refractivity contribution is 6.02. The van der Waals surface area contributed by atoms with Gasteiger partial charge in [0, 0.05) is 54.0 Å². The molecule has 0 aliphatic heterocycles. The minimum Gasteiger partial charge on any atom is -0.493 e. The summed E-state index contributed by atoms with van der Waals surface area (Å²) in [6.45, 7) is 1.07. The Labute approximate surface area is 204 Å². The van der Waals surface area contributed by atoms with E-state index < -0.39 is 0 Å². The van der Waals surface area contributed by atoms with Gasteiger partial charge in [0.15, 0.2) is 0 Å². The van der Waals surface area contributed by atoms with E-state index in [0.717, 1.165) is 22.4 Å². The standard InChI is InChI=1S/C28H25N5O2/c29-15-4-5-17-35-26-12-6-11-25(18-26)31-27(34)14-13-24-21-33(20-22-8-2-1-3-9-22)32-28(24)23-10-7-16-30-19-23/h1-3,6-14,16,18-19,21H,4-5,17,20H2,(H,31,34). The van der Waals surface area contributed by atoms with Crippen LogP contribution in [-0.2, 0) is 11.3 Å². The molecular weight excluding hydrogens is 438 g/mol. The zero-order valence-electron chi connectivity index (χ0n) is 19.2. The summed E-state index contributed by atoms with van der Waals surface area (Å²) in [5.74, 6) is 0.380. The molecule has 0 saturated heterocycles. The maximum Gasteiger partial charge on any atom is 0.248 e. The van der Waals surface area contributed by atoms with Crippen LogP contribution in [0.2, 0.25) is 0 Å². The van der Waals surface area contributed by atoms with Gasteiger partial charge in [0.25, 0.3) is 0 Å². The van der Waals surface area contributed by atoms with Gasteiger partial charge in [0.2, 0.25) is 5.91 Å². The number of pyridine rings is 1. The minimum absolute atomic E-state index is 0.264. The van der Waals surface area contributed by atoms with Crippen LogP contribution < -0.4 is 10.1 Å². The van der Waals surface area contributed by atoms with E-state index in [-0.39, 0.29) is 5.91 Å². The average molecular weight is 464 g/mol. The van der Waals surface area contributed by atoms with Crippen molar-refractivity contribution in [2.45, 2.75) is 19.4 Å². The van der Waals surface area contributed by atoms with Crippen molar-refractivity contribution in [3.05, 3.63) is 103 Å². The molecular formula is C28H25N5O2. The molecule has 1 amide bonds. The summed E-state index contributed by atoms with van der Waals surface area (Å²) in [5.41, 5.74) is 4.21. The summed E-state index contributed by atoms with van der Waals surface area (Å²) in [7, 11) is 0. The third kappa shape index (κ3) is 6.89. The molecule has 0 unspecified atom stereocenters. The van der Waals surface area contributed by atoms with Crippen molar-refractivity contribution in [1.29, 1.82) is 5.26 Å². The summed E-state index contributed by atoms with van der Waals surface area (Å²) in [6.07, 6.45) is 9.76. The van der Waals surface area contributed by atoms with Gasteiger partial charge in [-0.1, -0.05) is 36.4 Å². The number of nitrogens with one attached hydrogen (secondary N) is 1. The Balaban J connectivity index is 1.47. The van der Waals surface area contributed by atoms with Crippen molar-refractivity contribution in [2.24, 2.45) is 0 Å². The van der Waals surface area contributed by atoms with E-state index in [1.807, 2.05) is 53.3 Å². The van der Waals surface area contributed by atoms with Crippen molar-refractivity contribution >= 4 is 17.7 Å². The third-order valence-corrected chi connectivity index (χ3v) is 5.13. The second kappa shape index (κ2) is 12.0. The molecule has 2 aromatic heterocycles. The third-order valence-electron chi connectivity index (χ3n) is 5.13. The summed E-state index contributed by atoms with van der Waals surface area (Å²) in [5, 5.41) is 16.2. The van der Waals surface area contributed by atoms with E-state index in [9.17, 15) is 4.79 Å². The van der Waals surface area contributed by atoms with Crippen LogP contribution in [0.3, 0.4) is 0 Å². The molecule has 7 heteroatoms. The number of amides is 1. The minimum atomic E-state index is -0.264. The zero-order valence-corrected chi connectivity index (χ0v) is 19.2. The number of carbonyl (C=O) groups excluding carboxylic acids is 1. The van der Waals surface area contributed by atoms with E-state index in [1.54, 1.807) is 30.6 Å². The molecule has 0 saturated carbocycles. The summed E-state index contributed by atoms with van der Waals surface area (Å²) in [4.78, 5) is 16.8. The first-order chi connectivity index (χ1) is 17.2. The molecule has 0 aliphatic rings. The molecule has 0 aliphatic carbocycles. The fraction of sp³-hybridized carbons (Fsp3) is 0.143. The molecule has 4 aromatic rings. The first-order valence-corrected chi connectivity index (χ1v) is 11.3. The Morgan fingerprint density at radius 2 is 2.00 bits per heavy atom. The highest BCUT2D eigenvalue weighted by atomic mass is 16.5. The Morgan fingerprint density at radius 1 is 1.11 bits per heavy atom. The maximum absolute atomic E-state index is 12.6. The quantitative estimate of drug-likeness (QED) is 0.254. The Kier molecular flexibility index (Phi) is 8.01. The molecule has 0 bridgehead atoms. The number of anilines is 1. The van der Waals surface area contributed by atoms with Crippen molar-refractivity contribution < 1.29 is 9.53 Å². The number of nitriles is 1. The van der Waals surface area contributed by atoms with Gasteiger partial charge in [-0.2, -0.15) is 10.4 Å². The molecule has 0 fully saturated rings. The van der Waals surface area contributed by atoms with Gasteiger partial charge in [0.05, 0.1) is 19.2 Å². The molecule has 0 atom stereocenters. The normalized spacial score (nSPS) is 10.7. The van der Waals surface area contributed by atoms with E-state index in [2.05, 4.69) is 28.5 Å². The Bertz CT molecular complexity index is 1320. The van der Waals surface area contributed by atoms with E-state index in [0.29, 0.717) is 37.4 Å². The van der Waals surface area contributed by atoms with Crippen LogP contribution in [0, 0.1) is 11.3 Å². The van der Waals surface area contributed by atoms with Crippen LogP contribution in [0.5, 0.6) is 5.75 Å². The molecule has 1 N–H and O–H groups in total. The number of unbranched alkanes of at least 4 members (excludes halogenated alkanes) is 1. The number of rotatable bonds is 10. The lowest BCUT2D eigenvalue weighted by Gasteiger charge is -2.07. The molecule has 35 heavy (non-hydrogen) atoms. The lowest BCUT2D eigenvalue weighted by Crippen LogP contribution is -2.08. The average Bonchev–Trinajstić information content (AvgIpc) is 3.29. The van der Waals surface area contributed by atoms with Crippen LogP contribution in [-0.4, -0.2) is 27.3 Å². The van der Waals surface area contributed by atoms with Crippen LogP contribution in [0.4, 0.5) is 5.69 Å². The second-order valence-electron chi connectivity index (χ2n) is 7.82. The lowest BCUT2D eigenvalue weighted by molar-refractivity contribution is -0.111. The van der Waals surface area contributed by atoms with Crippen molar-refractivity contribution in [3.63, 3.8) is 0 Å². The van der Waals surface area contributed by atoms with Gasteiger partial charge >= 0.3 is 0 Å². The fourth-order valence-electron chi connectivity index (χ4n) is 3.49. The number of nitrogens with zero attached hydrogens (tertiary/aromatic N) is 4. The van der Waals surface area contributed by atoms with Gasteiger partial charge < -0.3 is 10.1 Å². The van der Waals surface area contributed by atoms with Crippen molar-refractivity contribution in [2.75, 3.05) is 11.9 Å². The van der Waals surface area contributed by atoms with E-state index >= 15 is 0 Å². The highest BCUT2D eigenvalue weighted by Gasteiger charge is 2.11. The monoisotopic (exact) mass is 463 g/mol. The molecule has 2 aromatic carbocycles. The Morgan fingerprint density at radius 3 is 2.80 bits per heavy atom. The molecule has 174 valence electrons. The predicted molar refractivity (Wildman–Crippen MR) is 135 cm³/mol. The second-order valence-corrected chi connectivity index (χ2v) is 7.82. The first-order valence-electron chi connectivity index (χ1n) is 11.3. The number of hydrogen-bond donors (Lipinski definition) is 1. The van der Waals surface area contributed by atoms with Gasteiger partial charge in [-0.3, -0.25) is 14.5 Å². The molecule has 2 heterocycles. The largest absolute Gasteiger partial charge is 0.493 e. The first kappa shape index (κ1) is 23.5. The number of ether oxygens (including phenoxy) is 1. The number of hydrogen-bond acceptors (Lipinski definition) is 5. The summed E-state index contributed by atoms with van der Waals surface area (Å²) < 4.78 is 7.50. The molecule has 0 radical (unpaired) electrons. The van der Waals surface area contributed by atoms with Crippen LogP contribution in [0.25, 0.3) is 17.3 Å². The SMILES string of the molecule is N#CCCCOc1cccc(NC(=O)C=Cc2cn(Cc3ccccc3)nc2-c2cccnc2)c1. The maximum atomic E-state index is 12.6.